The third-order valence-corrected chi connectivity index (χ3v) is 7.07. The molecule has 1 saturated heterocycles. The molecule has 0 unspecified atom stereocenters. The van der Waals surface area contributed by atoms with E-state index < -0.39 is 10.0 Å². The molecule has 0 bridgehead atoms. The Hall–Kier alpha value is -1.27. The summed E-state index contributed by atoms with van der Waals surface area (Å²) in [5.74, 6) is 0.706. The number of halogens is 2. The van der Waals surface area contributed by atoms with Gasteiger partial charge in [0.05, 0.1) is 23.2 Å². The zero-order valence-corrected chi connectivity index (χ0v) is 15.4. The highest BCUT2D eigenvalue weighted by Gasteiger charge is 2.37. The first kappa shape index (κ1) is 17.5. The van der Waals surface area contributed by atoms with Crippen LogP contribution in [0.2, 0.25) is 10.0 Å². The van der Waals surface area contributed by atoms with Gasteiger partial charge >= 0.3 is 0 Å². The van der Waals surface area contributed by atoms with E-state index in [2.05, 4.69) is 0 Å². The summed E-state index contributed by atoms with van der Waals surface area (Å²) in [6.07, 6.45) is 1.55. The maximum Gasteiger partial charge on any atom is 0.245 e. The second kappa shape index (κ2) is 6.92. The first-order valence-corrected chi connectivity index (χ1v) is 9.74. The van der Waals surface area contributed by atoms with E-state index in [1.165, 1.54) is 10.4 Å². The van der Waals surface area contributed by atoms with E-state index in [0.29, 0.717) is 12.3 Å². The van der Waals surface area contributed by atoms with E-state index in [4.69, 9.17) is 27.9 Å². The van der Waals surface area contributed by atoms with Crippen LogP contribution in [0.3, 0.4) is 0 Å². The summed E-state index contributed by atoms with van der Waals surface area (Å²) < 4.78 is 32.9. The summed E-state index contributed by atoms with van der Waals surface area (Å²) in [5, 5.41) is 0.297. The first-order chi connectivity index (χ1) is 11.4. The number of benzene rings is 2. The molecule has 0 N–H and O–H groups in total. The van der Waals surface area contributed by atoms with Crippen molar-refractivity contribution < 1.29 is 13.2 Å². The minimum absolute atomic E-state index is 0.0477. The molecule has 4 nitrogen and oxygen atoms in total. The fraction of sp³-hybridized carbons (Fsp3) is 0.294. The van der Waals surface area contributed by atoms with E-state index in [1.54, 1.807) is 19.2 Å². The largest absolute Gasteiger partial charge is 0.497 e. The summed E-state index contributed by atoms with van der Waals surface area (Å²) in [6.45, 7) is 0.451. The average Bonchev–Trinajstić information content (AvgIpc) is 3.08. The van der Waals surface area contributed by atoms with Crippen LogP contribution in [0.15, 0.2) is 47.4 Å². The molecular weight excluding hydrogens is 369 g/mol. The predicted octanol–water partition coefficient (Wildman–Crippen LogP) is 4.53. The number of sulfonamides is 1. The molecular formula is C17H17Cl2NO3S. The van der Waals surface area contributed by atoms with E-state index >= 15 is 0 Å². The summed E-state index contributed by atoms with van der Waals surface area (Å²) in [4.78, 5) is 0.0477. The van der Waals surface area contributed by atoms with Gasteiger partial charge in [-0.1, -0.05) is 41.4 Å². The van der Waals surface area contributed by atoms with Gasteiger partial charge in [-0.2, -0.15) is 4.31 Å². The van der Waals surface area contributed by atoms with Crippen molar-refractivity contribution in [3.05, 3.63) is 58.1 Å². The lowest BCUT2D eigenvalue weighted by atomic mass is 10.1. The van der Waals surface area contributed by atoms with Crippen LogP contribution in [0.25, 0.3) is 0 Å². The minimum Gasteiger partial charge on any atom is -0.497 e. The van der Waals surface area contributed by atoms with Crippen LogP contribution in [0, 0.1) is 0 Å². The van der Waals surface area contributed by atoms with E-state index in [0.717, 1.165) is 18.4 Å². The Kier molecular flexibility index (Phi) is 5.06. The summed E-state index contributed by atoms with van der Waals surface area (Å²) in [5.41, 5.74) is 0.911. The average molecular weight is 386 g/mol. The Morgan fingerprint density at radius 2 is 1.92 bits per heavy atom. The lowest BCUT2D eigenvalue weighted by Crippen LogP contribution is -2.31. The van der Waals surface area contributed by atoms with Gasteiger partial charge in [-0.25, -0.2) is 8.42 Å². The molecule has 2 aromatic rings. The molecule has 7 heteroatoms. The molecule has 1 atom stereocenters. The van der Waals surface area contributed by atoms with Gasteiger partial charge in [0.15, 0.2) is 0 Å². The first-order valence-electron chi connectivity index (χ1n) is 7.55. The standard InChI is InChI=1S/C17H17Cl2NO3S/c1-23-13-6-2-5-12(11-13)15-8-4-10-20(15)24(21,22)16-9-3-7-14(18)17(16)19/h2-3,5-7,9,11,15H,4,8,10H2,1H3/t15-/m0/s1. The van der Waals surface area contributed by atoms with Gasteiger partial charge in [0.1, 0.15) is 10.6 Å². The molecule has 24 heavy (non-hydrogen) atoms. The minimum atomic E-state index is -3.73. The molecule has 3 rings (SSSR count). The van der Waals surface area contributed by atoms with Crippen LogP contribution >= 0.6 is 23.2 Å². The number of ether oxygens (including phenoxy) is 1. The molecule has 1 aliphatic rings. The van der Waals surface area contributed by atoms with Crippen molar-refractivity contribution in [2.24, 2.45) is 0 Å². The van der Waals surface area contributed by atoms with Crippen molar-refractivity contribution in [2.75, 3.05) is 13.7 Å². The Morgan fingerprint density at radius 3 is 2.67 bits per heavy atom. The van der Waals surface area contributed by atoms with E-state index in [1.807, 2.05) is 24.3 Å². The Bertz CT molecular complexity index is 855. The number of rotatable bonds is 4. The van der Waals surface area contributed by atoms with Crippen LogP contribution in [0.4, 0.5) is 0 Å². The molecule has 0 aromatic heterocycles. The molecule has 0 amide bonds. The molecule has 0 aliphatic carbocycles. The van der Waals surface area contributed by atoms with Crippen molar-refractivity contribution in [1.82, 2.24) is 4.31 Å². The van der Waals surface area contributed by atoms with Gasteiger partial charge < -0.3 is 4.74 Å². The maximum absolute atomic E-state index is 13.1. The van der Waals surface area contributed by atoms with Crippen LogP contribution in [0.5, 0.6) is 5.75 Å². The van der Waals surface area contributed by atoms with Gasteiger partial charge in [0, 0.05) is 6.54 Å². The van der Waals surface area contributed by atoms with Crippen molar-refractivity contribution in [3.63, 3.8) is 0 Å². The molecule has 2 aromatic carbocycles. The fourth-order valence-electron chi connectivity index (χ4n) is 3.02. The maximum atomic E-state index is 13.1. The quantitative estimate of drug-likeness (QED) is 0.776. The predicted molar refractivity (Wildman–Crippen MR) is 95.3 cm³/mol. The molecule has 0 spiro atoms. The molecule has 0 saturated carbocycles. The Balaban J connectivity index is 2.02. The molecule has 1 aliphatic heterocycles. The van der Waals surface area contributed by atoms with Gasteiger partial charge in [0.25, 0.3) is 0 Å². The number of nitrogens with zero attached hydrogens (tertiary/aromatic N) is 1. The third-order valence-electron chi connectivity index (χ3n) is 4.19. The van der Waals surface area contributed by atoms with Crippen LogP contribution < -0.4 is 4.74 Å². The number of hydrogen-bond acceptors (Lipinski definition) is 3. The highest BCUT2D eigenvalue weighted by molar-refractivity contribution is 7.89. The van der Waals surface area contributed by atoms with Crippen molar-refractivity contribution >= 4 is 33.2 Å². The highest BCUT2D eigenvalue weighted by atomic mass is 35.5. The lowest BCUT2D eigenvalue weighted by molar-refractivity contribution is 0.390. The number of methoxy groups -OCH3 is 1. The topological polar surface area (TPSA) is 46.6 Å². The van der Waals surface area contributed by atoms with Crippen molar-refractivity contribution in [3.8, 4) is 5.75 Å². The van der Waals surface area contributed by atoms with Crippen molar-refractivity contribution in [1.29, 1.82) is 0 Å². The number of hydrogen-bond donors (Lipinski definition) is 0. The zero-order valence-electron chi connectivity index (χ0n) is 13.1. The van der Waals surface area contributed by atoms with Gasteiger partial charge in [-0.05, 0) is 42.7 Å². The van der Waals surface area contributed by atoms with Gasteiger partial charge in [0.2, 0.25) is 10.0 Å². The fourth-order valence-corrected chi connectivity index (χ4v) is 5.44. The van der Waals surface area contributed by atoms with Crippen LogP contribution in [-0.2, 0) is 10.0 Å². The lowest BCUT2D eigenvalue weighted by Gasteiger charge is -2.25. The molecule has 0 radical (unpaired) electrons. The Morgan fingerprint density at radius 1 is 1.17 bits per heavy atom. The summed E-state index contributed by atoms with van der Waals surface area (Å²) >= 11 is 12.1. The van der Waals surface area contributed by atoms with Gasteiger partial charge in [-0.3, -0.25) is 0 Å². The monoisotopic (exact) mass is 385 g/mol. The molecule has 128 valence electrons. The zero-order chi connectivity index (χ0) is 17.3. The molecule has 1 heterocycles. The SMILES string of the molecule is COc1cccc([C@@H]2CCCN2S(=O)(=O)c2cccc(Cl)c2Cl)c1. The summed E-state index contributed by atoms with van der Waals surface area (Å²) in [6, 6.07) is 11.9. The Labute approximate surface area is 152 Å². The third kappa shape index (κ3) is 3.14. The second-order valence-corrected chi connectivity index (χ2v) is 8.25. The summed E-state index contributed by atoms with van der Waals surface area (Å²) in [7, 11) is -2.14. The van der Waals surface area contributed by atoms with Crippen LogP contribution in [-0.4, -0.2) is 26.4 Å². The molecule has 1 fully saturated rings. The van der Waals surface area contributed by atoms with E-state index in [9.17, 15) is 8.42 Å². The highest BCUT2D eigenvalue weighted by Crippen LogP contribution is 2.40. The van der Waals surface area contributed by atoms with Gasteiger partial charge in [-0.15, -0.1) is 0 Å². The van der Waals surface area contributed by atoms with E-state index in [-0.39, 0.29) is 21.0 Å². The normalized spacial score (nSPS) is 18.7. The second-order valence-electron chi connectivity index (χ2n) is 5.60. The van der Waals surface area contributed by atoms with Crippen molar-refractivity contribution in [2.45, 2.75) is 23.8 Å². The van der Waals surface area contributed by atoms with Crippen LogP contribution in [0.1, 0.15) is 24.4 Å². The smallest absolute Gasteiger partial charge is 0.245 e.